The third-order valence-corrected chi connectivity index (χ3v) is 4.17. The second-order valence-corrected chi connectivity index (χ2v) is 5.74. The minimum Gasteiger partial charge on any atom is -0.496 e. The lowest BCUT2D eigenvalue weighted by Crippen LogP contribution is -2.32. The fraction of sp³-hybridized carbons (Fsp3) is 0.625. The molecule has 1 aromatic carbocycles. The second-order valence-electron chi connectivity index (χ2n) is 5.74. The van der Waals surface area contributed by atoms with E-state index in [2.05, 4.69) is 42.4 Å². The van der Waals surface area contributed by atoms with Crippen LogP contribution in [0.2, 0.25) is 0 Å². The van der Waals surface area contributed by atoms with E-state index in [0.717, 1.165) is 25.3 Å². The molecule has 0 heterocycles. The molecule has 1 aliphatic rings. The van der Waals surface area contributed by atoms with Crippen molar-refractivity contribution in [2.45, 2.75) is 26.2 Å². The van der Waals surface area contributed by atoms with Gasteiger partial charge in [0, 0.05) is 31.2 Å². The van der Waals surface area contributed by atoms with E-state index in [4.69, 9.17) is 4.74 Å². The molecule has 0 radical (unpaired) electrons. The minimum atomic E-state index is 0.496. The SMILES string of the molecule is CCc1cc(N(C)CC2(CNC)CC2)ccc1OC. The molecule has 1 saturated carbocycles. The van der Waals surface area contributed by atoms with Gasteiger partial charge in [-0.3, -0.25) is 0 Å². The normalized spacial score (nSPS) is 16.2. The maximum Gasteiger partial charge on any atom is 0.122 e. The molecule has 3 heteroatoms. The van der Waals surface area contributed by atoms with Crippen LogP contribution in [0.25, 0.3) is 0 Å². The lowest BCUT2D eigenvalue weighted by atomic mass is 10.1. The van der Waals surface area contributed by atoms with Gasteiger partial charge in [-0.1, -0.05) is 6.92 Å². The summed E-state index contributed by atoms with van der Waals surface area (Å²) in [6.45, 7) is 4.42. The molecule has 0 aromatic heterocycles. The van der Waals surface area contributed by atoms with Gasteiger partial charge in [0.25, 0.3) is 0 Å². The molecule has 0 aliphatic heterocycles. The quantitative estimate of drug-likeness (QED) is 0.817. The molecule has 1 N–H and O–H groups in total. The fourth-order valence-corrected chi connectivity index (χ4v) is 2.82. The smallest absolute Gasteiger partial charge is 0.122 e. The average molecular weight is 262 g/mol. The zero-order valence-electron chi connectivity index (χ0n) is 12.6. The summed E-state index contributed by atoms with van der Waals surface area (Å²) < 4.78 is 5.39. The van der Waals surface area contributed by atoms with Crippen molar-refractivity contribution in [3.63, 3.8) is 0 Å². The molecule has 1 fully saturated rings. The molecule has 0 saturated heterocycles. The lowest BCUT2D eigenvalue weighted by Gasteiger charge is -2.26. The molecule has 0 unspecified atom stereocenters. The highest BCUT2D eigenvalue weighted by atomic mass is 16.5. The fourth-order valence-electron chi connectivity index (χ4n) is 2.82. The van der Waals surface area contributed by atoms with Crippen LogP contribution in [-0.4, -0.2) is 34.3 Å². The Morgan fingerprint density at radius 1 is 1.37 bits per heavy atom. The molecule has 19 heavy (non-hydrogen) atoms. The summed E-state index contributed by atoms with van der Waals surface area (Å²) in [5, 5.41) is 3.32. The van der Waals surface area contributed by atoms with E-state index in [1.54, 1.807) is 7.11 Å². The van der Waals surface area contributed by atoms with E-state index in [0.29, 0.717) is 5.41 Å². The van der Waals surface area contributed by atoms with Crippen molar-refractivity contribution in [3.8, 4) is 5.75 Å². The topological polar surface area (TPSA) is 24.5 Å². The van der Waals surface area contributed by atoms with Crippen molar-refractivity contribution in [1.82, 2.24) is 5.32 Å². The van der Waals surface area contributed by atoms with E-state index in [9.17, 15) is 0 Å². The summed E-state index contributed by atoms with van der Waals surface area (Å²) in [5.41, 5.74) is 3.07. The number of ether oxygens (including phenoxy) is 1. The molecule has 0 atom stereocenters. The van der Waals surface area contributed by atoms with Crippen molar-refractivity contribution in [3.05, 3.63) is 23.8 Å². The highest BCUT2D eigenvalue weighted by Gasteiger charge is 2.42. The van der Waals surface area contributed by atoms with Crippen molar-refractivity contribution in [1.29, 1.82) is 0 Å². The Hall–Kier alpha value is -1.22. The number of hydrogen-bond donors (Lipinski definition) is 1. The Kier molecular flexibility index (Phi) is 4.35. The molecule has 106 valence electrons. The maximum absolute atomic E-state index is 5.39. The van der Waals surface area contributed by atoms with E-state index in [1.165, 1.54) is 24.1 Å². The summed E-state index contributed by atoms with van der Waals surface area (Å²) in [4.78, 5) is 2.38. The summed E-state index contributed by atoms with van der Waals surface area (Å²) in [5.74, 6) is 0.996. The first-order valence-electron chi connectivity index (χ1n) is 7.17. The van der Waals surface area contributed by atoms with Crippen LogP contribution in [0.5, 0.6) is 5.75 Å². The third-order valence-electron chi connectivity index (χ3n) is 4.17. The standard InChI is InChI=1S/C16H26N2O/c1-5-13-10-14(6-7-15(13)19-4)18(3)12-16(8-9-16)11-17-2/h6-7,10,17H,5,8-9,11-12H2,1-4H3. The van der Waals surface area contributed by atoms with E-state index in [1.807, 2.05) is 7.05 Å². The van der Waals surface area contributed by atoms with Gasteiger partial charge >= 0.3 is 0 Å². The van der Waals surface area contributed by atoms with E-state index >= 15 is 0 Å². The summed E-state index contributed by atoms with van der Waals surface area (Å²) >= 11 is 0. The first kappa shape index (κ1) is 14.2. The summed E-state index contributed by atoms with van der Waals surface area (Å²) in [6.07, 6.45) is 3.69. The molecule has 2 rings (SSSR count). The van der Waals surface area contributed by atoms with Gasteiger partial charge in [-0.25, -0.2) is 0 Å². The molecule has 1 aliphatic carbocycles. The van der Waals surface area contributed by atoms with Gasteiger partial charge in [0.1, 0.15) is 5.75 Å². The maximum atomic E-state index is 5.39. The number of hydrogen-bond acceptors (Lipinski definition) is 3. The van der Waals surface area contributed by atoms with Crippen LogP contribution in [-0.2, 0) is 6.42 Å². The second kappa shape index (κ2) is 5.83. The van der Waals surface area contributed by atoms with Crippen molar-refractivity contribution in [2.75, 3.05) is 39.2 Å². The number of rotatable bonds is 7. The van der Waals surface area contributed by atoms with Gasteiger partial charge < -0.3 is 15.0 Å². The Labute approximate surface area is 116 Å². The summed E-state index contributed by atoms with van der Waals surface area (Å²) in [6, 6.07) is 6.50. The van der Waals surface area contributed by atoms with E-state index < -0.39 is 0 Å². The van der Waals surface area contributed by atoms with Crippen LogP contribution >= 0.6 is 0 Å². The predicted octanol–water partition coefficient (Wildman–Crippen LogP) is 2.69. The predicted molar refractivity (Wildman–Crippen MR) is 81.2 cm³/mol. The number of nitrogens with zero attached hydrogens (tertiary/aromatic N) is 1. The zero-order valence-corrected chi connectivity index (χ0v) is 12.6. The monoisotopic (exact) mass is 262 g/mol. The molecule has 0 bridgehead atoms. The Bertz CT molecular complexity index is 427. The van der Waals surface area contributed by atoms with Crippen LogP contribution in [0, 0.1) is 5.41 Å². The van der Waals surface area contributed by atoms with Crippen molar-refractivity contribution in [2.24, 2.45) is 5.41 Å². The van der Waals surface area contributed by atoms with Gasteiger partial charge in [0.15, 0.2) is 0 Å². The Balaban J connectivity index is 2.09. The minimum absolute atomic E-state index is 0.496. The molecule has 0 amide bonds. The van der Waals surface area contributed by atoms with Crippen LogP contribution in [0.3, 0.4) is 0 Å². The van der Waals surface area contributed by atoms with Crippen LogP contribution in [0.1, 0.15) is 25.3 Å². The number of aryl methyl sites for hydroxylation is 1. The van der Waals surface area contributed by atoms with Crippen molar-refractivity contribution >= 4 is 5.69 Å². The first-order valence-corrected chi connectivity index (χ1v) is 7.17. The van der Waals surface area contributed by atoms with Crippen LogP contribution in [0.4, 0.5) is 5.69 Å². The van der Waals surface area contributed by atoms with Gasteiger partial charge in [-0.15, -0.1) is 0 Å². The lowest BCUT2D eigenvalue weighted by molar-refractivity contribution is 0.410. The van der Waals surface area contributed by atoms with Gasteiger partial charge in [-0.05, 0) is 50.1 Å². The highest BCUT2D eigenvalue weighted by molar-refractivity contribution is 5.53. The van der Waals surface area contributed by atoms with Crippen molar-refractivity contribution < 1.29 is 4.74 Å². The number of nitrogens with one attached hydrogen (secondary N) is 1. The molecule has 1 aromatic rings. The largest absolute Gasteiger partial charge is 0.496 e. The van der Waals surface area contributed by atoms with Gasteiger partial charge in [0.05, 0.1) is 7.11 Å². The molecule has 0 spiro atoms. The Morgan fingerprint density at radius 2 is 2.11 bits per heavy atom. The zero-order chi connectivity index (χ0) is 13.9. The highest BCUT2D eigenvalue weighted by Crippen LogP contribution is 2.46. The molecular weight excluding hydrogens is 236 g/mol. The van der Waals surface area contributed by atoms with Gasteiger partial charge in [0.2, 0.25) is 0 Å². The number of anilines is 1. The molecule has 3 nitrogen and oxygen atoms in total. The van der Waals surface area contributed by atoms with Gasteiger partial charge in [-0.2, -0.15) is 0 Å². The average Bonchev–Trinajstić information content (AvgIpc) is 3.17. The Morgan fingerprint density at radius 3 is 2.63 bits per heavy atom. The van der Waals surface area contributed by atoms with Crippen LogP contribution < -0.4 is 15.0 Å². The molecular formula is C16H26N2O. The van der Waals surface area contributed by atoms with E-state index in [-0.39, 0.29) is 0 Å². The number of methoxy groups -OCH3 is 1. The van der Waals surface area contributed by atoms with Crippen LogP contribution in [0.15, 0.2) is 18.2 Å². The summed E-state index contributed by atoms with van der Waals surface area (Å²) in [7, 11) is 5.98. The number of benzene rings is 1. The first-order chi connectivity index (χ1) is 9.14. The third kappa shape index (κ3) is 3.21.